The Morgan fingerprint density at radius 2 is 2.37 bits per heavy atom. The van der Waals surface area contributed by atoms with E-state index in [1.54, 1.807) is 6.07 Å². The van der Waals surface area contributed by atoms with Gasteiger partial charge in [0.1, 0.15) is 0 Å². The van der Waals surface area contributed by atoms with Gasteiger partial charge in [-0.25, -0.2) is 4.98 Å². The number of nitrogens with zero attached hydrogens (tertiary/aromatic N) is 1. The van der Waals surface area contributed by atoms with Crippen molar-refractivity contribution in [3.8, 4) is 0 Å². The lowest BCUT2D eigenvalue weighted by Gasteiger charge is -2.13. The molecule has 1 aromatic carbocycles. The fourth-order valence-corrected chi connectivity index (χ4v) is 3.17. The van der Waals surface area contributed by atoms with E-state index in [1.807, 2.05) is 30.8 Å². The maximum atomic E-state index is 12.1. The summed E-state index contributed by atoms with van der Waals surface area (Å²) in [6.07, 6.45) is 0. The van der Waals surface area contributed by atoms with Gasteiger partial charge in [0.25, 0.3) is 5.91 Å². The highest BCUT2D eigenvalue weighted by molar-refractivity contribution is 7.99. The Morgan fingerprint density at radius 3 is 3.11 bits per heavy atom. The van der Waals surface area contributed by atoms with Crippen molar-refractivity contribution in [3.63, 3.8) is 0 Å². The van der Waals surface area contributed by atoms with Crippen molar-refractivity contribution in [3.05, 3.63) is 23.8 Å². The molecule has 102 valence electrons. The van der Waals surface area contributed by atoms with Gasteiger partial charge in [-0.05, 0) is 30.9 Å². The van der Waals surface area contributed by atoms with Crippen molar-refractivity contribution in [1.29, 1.82) is 0 Å². The molecule has 6 heteroatoms. The number of hydrogen-bond donors (Lipinski definition) is 2. The molecule has 1 unspecified atom stereocenters. The minimum absolute atomic E-state index is 0.0434. The second kappa shape index (κ2) is 6.25. The van der Waals surface area contributed by atoms with Gasteiger partial charge in [-0.3, -0.25) is 4.79 Å². The molecule has 19 heavy (non-hydrogen) atoms. The average molecular weight is 295 g/mol. The van der Waals surface area contributed by atoms with Crippen LogP contribution >= 0.6 is 23.1 Å². The van der Waals surface area contributed by atoms with E-state index in [4.69, 9.17) is 5.73 Å². The van der Waals surface area contributed by atoms with Crippen LogP contribution in [0.25, 0.3) is 10.2 Å². The summed E-state index contributed by atoms with van der Waals surface area (Å²) >= 11 is 3.22. The molecule has 0 radical (unpaired) electrons. The molecule has 0 aliphatic carbocycles. The number of carbonyl (C=O) groups excluding carboxylic acids is 1. The highest BCUT2D eigenvalue weighted by Crippen LogP contribution is 2.24. The Bertz CT molecular complexity index is 582. The van der Waals surface area contributed by atoms with Gasteiger partial charge in [0, 0.05) is 17.4 Å². The first kappa shape index (κ1) is 14.1. The number of amides is 1. The van der Waals surface area contributed by atoms with Crippen molar-refractivity contribution in [2.24, 2.45) is 0 Å². The topological polar surface area (TPSA) is 68.0 Å². The lowest BCUT2D eigenvalue weighted by Crippen LogP contribution is -2.34. The first-order chi connectivity index (χ1) is 9.10. The third-order valence-corrected chi connectivity index (χ3v) is 4.61. The van der Waals surface area contributed by atoms with Crippen molar-refractivity contribution < 1.29 is 4.79 Å². The van der Waals surface area contributed by atoms with E-state index in [9.17, 15) is 4.79 Å². The van der Waals surface area contributed by atoms with E-state index in [1.165, 1.54) is 11.3 Å². The van der Waals surface area contributed by atoms with Crippen molar-refractivity contribution in [1.82, 2.24) is 10.3 Å². The van der Waals surface area contributed by atoms with Gasteiger partial charge >= 0.3 is 0 Å². The van der Waals surface area contributed by atoms with Crippen molar-refractivity contribution >= 4 is 44.4 Å². The van der Waals surface area contributed by atoms with Crippen LogP contribution in [-0.2, 0) is 0 Å². The molecule has 1 heterocycles. The minimum Gasteiger partial charge on any atom is -0.375 e. The zero-order valence-electron chi connectivity index (χ0n) is 11.0. The molecule has 1 aromatic heterocycles. The highest BCUT2D eigenvalue weighted by Gasteiger charge is 2.11. The Morgan fingerprint density at radius 1 is 1.58 bits per heavy atom. The maximum absolute atomic E-state index is 12.1. The van der Waals surface area contributed by atoms with Gasteiger partial charge < -0.3 is 11.1 Å². The molecule has 0 bridgehead atoms. The number of fused-ring (bicyclic) bond motifs is 1. The van der Waals surface area contributed by atoms with Crippen molar-refractivity contribution in [2.75, 3.05) is 17.2 Å². The number of nitrogens with two attached hydrogens (primary N) is 1. The third-order valence-electron chi connectivity index (χ3n) is 2.62. The number of nitrogens with one attached hydrogen (secondary N) is 1. The van der Waals surface area contributed by atoms with Crippen LogP contribution in [0.4, 0.5) is 5.13 Å². The molecular formula is C13H17N3OS2. The van der Waals surface area contributed by atoms with Gasteiger partial charge in [0.2, 0.25) is 0 Å². The second-order valence-corrected chi connectivity index (χ2v) is 6.65. The van der Waals surface area contributed by atoms with Crippen LogP contribution in [0.3, 0.4) is 0 Å². The van der Waals surface area contributed by atoms with E-state index in [0.717, 1.165) is 21.7 Å². The molecule has 1 amide bonds. The largest absolute Gasteiger partial charge is 0.375 e. The minimum atomic E-state index is -0.0434. The number of nitrogen functional groups attached to an aromatic ring is 1. The Labute approximate surface area is 120 Å². The molecule has 4 nitrogen and oxygen atoms in total. The molecular weight excluding hydrogens is 278 g/mol. The molecule has 0 spiro atoms. The van der Waals surface area contributed by atoms with E-state index < -0.39 is 0 Å². The summed E-state index contributed by atoms with van der Waals surface area (Å²) in [4.78, 5) is 16.3. The molecule has 0 saturated heterocycles. The van der Waals surface area contributed by atoms with E-state index in [0.29, 0.717) is 10.7 Å². The summed E-state index contributed by atoms with van der Waals surface area (Å²) in [6.45, 7) is 4.13. The molecule has 3 N–H and O–H groups in total. The van der Waals surface area contributed by atoms with E-state index in [-0.39, 0.29) is 11.9 Å². The Hall–Kier alpha value is -1.27. The summed E-state index contributed by atoms with van der Waals surface area (Å²) in [5, 5.41) is 3.52. The molecule has 0 saturated carbocycles. The quantitative estimate of drug-likeness (QED) is 0.890. The maximum Gasteiger partial charge on any atom is 0.251 e. The second-order valence-electron chi connectivity index (χ2n) is 4.27. The van der Waals surface area contributed by atoms with Crippen LogP contribution in [0.5, 0.6) is 0 Å². The van der Waals surface area contributed by atoms with E-state index in [2.05, 4.69) is 17.2 Å². The van der Waals surface area contributed by atoms with Crippen LogP contribution in [0.15, 0.2) is 18.2 Å². The SMILES string of the molecule is CCSCC(C)NC(=O)c1ccc2nc(N)sc2c1. The average Bonchev–Trinajstić information content (AvgIpc) is 2.75. The van der Waals surface area contributed by atoms with Crippen molar-refractivity contribution in [2.45, 2.75) is 19.9 Å². The summed E-state index contributed by atoms with van der Waals surface area (Å²) in [5.41, 5.74) is 7.15. The highest BCUT2D eigenvalue weighted by atomic mass is 32.2. The van der Waals surface area contributed by atoms with Gasteiger partial charge in [-0.2, -0.15) is 11.8 Å². The number of benzene rings is 1. The zero-order valence-corrected chi connectivity index (χ0v) is 12.6. The predicted molar refractivity (Wildman–Crippen MR) is 84.0 cm³/mol. The van der Waals surface area contributed by atoms with E-state index >= 15 is 0 Å². The number of thioether (sulfide) groups is 1. The number of anilines is 1. The lowest BCUT2D eigenvalue weighted by atomic mass is 10.2. The summed E-state index contributed by atoms with van der Waals surface area (Å²) in [7, 11) is 0. The Kier molecular flexibility index (Phi) is 4.66. The Balaban J connectivity index is 2.08. The molecule has 0 aliphatic rings. The zero-order chi connectivity index (χ0) is 13.8. The number of thiazole rings is 1. The molecule has 2 rings (SSSR count). The first-order valence-electron chi connectivity index (χ1n) is 6.15. The smallest absolute Gasteiger partial charge is 0.251 e. The number of aromatic nitrogens is 1. The fourth-order valence-electron chi connectivity index (χ4n) is 1.73. The number of hydrogen-bond acceptors (Lipinski definition) is 5. The molecule has 1 atom stereocenters. The molecule has 0 aliphatic heterocycles. The lowest BCUT2D eigenvalue weighted by molar-refractivity contribution is 0.0944. The number of carbonyl (C=O) groups is 1. The van der Waals surface area contributed by atoms with Gasteiger partial charge in [0.05, 0.1) is 10.2 Å². The summed E-state index contributed by atoms with van der Waals surface area (Å²) in [6, 6.07) is 5.64. The fraction of sp³-hybridized carbons (Fsp3) is 0.385. The number of rotatable bonds is 5. The normalized spacial score (nSPS) is 12.5. The van der Waals surface area contributed by atoms with Gasteiger partial charge in [-0.1, -0.05) is 18.3 Å². The van der Waals surface area contributed by atoms with Crippen LogP contribution in [0, 0.1) is 0 Å². The van der Waals surface area contributed by atoms with Gasteiger partial charge in [-0.15, -0.1) is 0 Å². The molecule has 0 fully saturated rings. The molecule has 2 aromatic rings. The first-order valence-corrected chi connectivity index (χ1v) is 8.12. The van der Waals surface area contributed by atoms with Gasteiger partial charge in [0.15, 0.2) is 5.13 Å². The van der Waals surface area contributed by atoms with Crippen LogP contribution < -0.4 is 11.1 Å². The monoisotopic (exact) mass is 295 g/mol. The van der Waals surface area contributed by atoms with Crippen LogP contribution in [0.2, 0.25) is 0 Å². The predicted octanol–water partition coefficient (Wildman–Crippen LogP) is 2.75. The van der Waals surface area contributed by atoms with Crippen LogP contribution in [0.1, 0.15) is 24.2 Å². The third kappa shape index (κ3) is 3.61. The van der Waals surface area contributed by atoms with Crippen LogP contribution in [-0.4, -0.2) is 28.4 Å². The standard InChI is InChI=1S/C13H17N3OS2/c1-3-18-7-8(2)15-12(17)9-4-5-10-11(6-9)19-13(14)16-10/h4-6,8H,3,7H2,1-2H3,(H2,14,16)(H,15,17). The summed E-state index contributed by atoms with van der Waals surface area (Å²) < 4.78 is 0.945. The summed E-state index contributed by atoms with van der Waals surface area (Å²) in [5.74, 6) is 1.95.